The minimum Gasteiger partial charge on any atom is -0.388 e. The Morgan fingerprint density at radius 3 is 2.50 bits per heavy atom. The van der Waals surface area contributed by atoms with Crippen LogP contribution in [0.25, 0.3) is 0 Å². The van der Waals surface area contributed by atoms with Gasteiger partial charge >= 0.3 is 5.69 Å². The summed E-state index contributed by atoms with van der Waals surface area (Å²) in [7, 11) is 0. The van der Waals surface area contributed by atoms with Crippen molar-refractivity contribution in [1.29, 1.82) is 0 Å². The first kappa shape index (κ1) is 27.7. The number of nitrogens with one attached hydrogen (secondary N) is 3. The summed E-state index contributed by atoms with van der Waals surface area (Å²) in [6.07, 6.45) is 2.37. The predicted molar refractivity (Wildman–Crippen MR) is 138 cm³/mol. The van der Waals surface area contributed by atoms with Crippen LogP contribution in [0.3, 0.4) is 0 Å². The number of rotatable bonds is 10. The minimum absolute atomic E-state index is 0.0560. The third kappa shape index (κ3) is 7.18. The number of aromatic nitrogens is 2. The maximum atomic E-state index is 13.1. The van der Waals surface area contributed by atoms with Gasteiger partial charge in [0, 0.05) is 31.6 Å². The molecule has 1 aliphatic carbocycles. The fraction of sp³-hybridized carbons (Fsp3) is 0.556. The van der Waals surface area contributed by atoms with E-state index in [4.69, 9.17) is 4.74 Å². The quantitative estimate of drug-likeness (QED) is 0.297. The first-order chi connectivity index (χ1) is 18.3. The third-order valence-electron chi connectivity index (χ3n) is 7.34. The van der Waals surface area contributed by atoms with Crippen molar-refractivity contribution < 1.29 is 24.5 Å². The molecule has 1 saturated carbocycles. The zero-order valence-electron chi connectivity index (χ0n) is 21.3. The fourth-order valence-electron chi connectivity index (χ4n) is 5.18. The second-order valence-electron chi connectivity index (χ2n) is 10.2. The summed E-state index contributed by atoms with van der Waals surface area (Å²) in [5, 5.41) is 26.7. The highest BCUT2D eigenvalue weighted by molar-refractivity contribution is 5.87. The van der Waals surface area contributed by atoms with Crippen molar-refractivity contribution in [1.82, 2.24) is 20.2 Å². The van der Waals surface area contributed by atoms with Crippen molar-refractivity contribution in [2.75, 3.05) is 6.54 Å². The van der Waals surface area contributed by atoms with E-state index in [2.05, 4.69) is 15.6 Å². The second-order valence-corrected chi connectivity index (χ2v) is 10.2. The fourth-order valence-corrected chi connectivity index (χ4v) is 5.18. The molecular weight excluding hydrogens is 492 g/mol. The van der Waals surface area contributed by atoms with E-state index < -0.39 is 47.7 Å². The molecule has 5 N–H and O–H groups in total. The van der Waals surface area contributed by atoms with Crippen molar-refractivity contribution in [2.45, 2.75) is 81.9 Å². The smallest absolute Gasteiger partial charge is 0.330 e. The Morgan fingerprint density at radius 1 is 1.05 bits per heavy atom. The number of carbonyl (C=O) groups excluding carboxylic acids is 2. The van der Waals surface area contributed by atoms with Gasteiger partial charge in [-0.05, 0) is 30.7 Å². The number of benzene rings is 1. The van der Waals surface area contributed by atoms with Crippen LogP contribution in [0, 0.1) is 5.92 Å². The maximum absolute atomic E-state index is 13.1. The van der Waals surface area contributed by atoms with Gasteiger partial charge in [-0.15, -0.1) is 0 Å². The number of carbonyl (C=O) groups is 2. The van der Waals surface area contributed by atoms with Crippen molar-refractivity contribution >= 4 is 11.8 Å². The number of aliphatic hydroxyl groups is 2. The maximum Gasteiger partial charge on any atom is 0.330 e. The molecule has 1 aromatic carbocycles. The molecule has 0 spiro atoms. The van der Waals surface area contributed by atoms with Crippen molar-refractivity contribution in [2.24, 2.45) is 5.92 Å². The monoisotopic (exact) mass is 528 g/mol. The average Bonchev–Trinajstić information content (AvgIpc) is 3.20. The highest BCUT2D eigenvalue weighted by atomic mass is 16.6. The molecule has 0 radical (unpaired) electrons. The molecule has 2 heterocycles. The van der Waals surface area contributed by atoms with E-state index in [-0.39, 0.29) is 18.7 Å². The molecule has 4 rings (SSSR count). The van der Waals surface area contributed by atoms with E-state index in [9.17, 15) is 29.4 Å². The summed E-state index contributed by atoms with van der Waals surface area (Å²) >= 11 is 0. The van der Waals surface area contributed by atoms with Crippen LogP contribution >= 0.6 is 0 Å². The first-order valence-electron chi connectivity index (χ1n) is 13.3. The standard InChI is InChI=1S/C27H36N4O7/c32-21(12-11-20-23(34)24(35)26(38-20)31-14-13-22(33)30-27(31)37)29-19(15-17-7-3-1-4-8-17)25(36)28-16-18-9-5-2-6-10-18/h1,3-4,7-8,13-14,18-20,23-24,26,34-35H,2,5-6,9-12,15-16H2,(H,28,36)(H,29,32)(H,30,33,37)/t19-,20+,23+,24+,26+/m0/s1. The number of hydrogen-bond acceptors (Lipinski definition) is 7. The van der Waals surface area contributed by atoms with E-state index in [0.717, 1.165) is 29.0 Å². The summed E-state index contributed by atoms with van der Waals surface area (Å²) in [6, 6.07) is 9.78. The highest BCUT2D eigenvalue weighted by Gasteiger charge is 2.44. The number of H-pyrrole nitrogens is 1. The largest absolute Gasteiger partial charge is 0.388 e. The van der Waals surface area contributed by atoms with Gasteiger partial charge in [0.25, 0.3) is 5.56 Å². The van der Waals surface area contributed by atoms with Crippen LogP contribution in [0.5, 0.6) is 0 Å². The van der Waals surface area contributed by atoms with Crippen LogP contribution < -0.4 is 21.9 Å². The Bertz CT molecular complexity index is 1190. The van der Waals surface area contributed by atoms with Gasteiger partial charge < -0.3 is 25.6 Å². The SMILES string of the molecule is O=C(CC[C@H]1O[C@@H](n2ccc(=O)[nH]c2=O)[C@H](O)[C@@H]1O)N[C@@H](Cc1ccccc1)C(=O)NCC1CCCCC1. The lowest BCUT2D eigenvalue weighted by molar-refractivity contribution is -0.129. The molecule has 2 aromatic rings. The lowest BCUT2D eigenvalue weighted by atomic mass is 9.89. The van der Waals surface area contributed by atoms with Gasteiger partial charge in [0.1, 0.15) is 18.2 Å². The van der Waals surface area contributed by atoms with Gasteiger partial charge in [-0.3, -0.25) is 23.9 Å². The summed E-state index contributed by atoms with van der Waals surface area (Å²) in [5.74, 6) is -0.178. The lowest BCUT2D eigenvalue weighted by Crippen LogP contribution is -2.49. The summed E-state index contributed by atoms with van der Waals surface area (Å²) < 4.78 is 6.67. The summed E-state index contributed by atoms with van der Waals surface area (Å²) in [4.78, 5) is 51.4. The van der Waals surface area contributed by atoms with Crippen LogP contribution in [-0.2, 0) is 20.7 Å². The Balaban J connectivity index is 1.34. The Hall–Kier alpha value is -3.28. The van der Waals surface area contributed by atoms with Gasteiger partial charge in [-0.2, -0.15) is 0 Å². The number of ether oxygens (including phenoxy) is 1. The van der Waals surface area contributed by atoms with Crippen LogP contribution in [0.1, 0.15) is 56.7 Å². The number of hydrogen-bond donors (Lipinski definition) is 5. The minimum atomic E-state index is -1.43. The molecule has 206 valence electrons. The van der Waals surface area contributed by atoms with E-state index >= 15 is 0 Å². The Labute approximate surface area is 220 Å². The Kier molecular flexibility index (Phi) is 9.48. The van der Waals surface area contributed by atoms with Crippen molar-refractivity contribution in [3.05, 3.63) is 69.0 Å². The summed E-state index contributed by atoms with van der Waals surface area (Å²) in [6.45, 7) is 0.589. The number of aliphatic hydroxyl groups excluding tert-OH is 2. The zero-order valence-corrected chi connectivity index (χ0v) is 21.3. The second kappa shape index (κ2) is 13.0. The van der Waals surface area contributed by atoms with Gasteiger partial charge in [0.05, 0.1) is 6.10 Å². The van der Waals surface area contributed by atoms with Crippen LogP contribution in [0.2, 0.25) is 0 Å². The zero-order chi connectivity index (χ0) is 27.1. The van der Waals surface area contributed by atoms with Gasteiger partial charge in [0.2, 0.25) is 11.8 Å². The highest BCUT2D eigenvalue weighted by Crippen LogP contribution is 2.30. The molecule has 2 amide bonds. The van der Waals surface area contributed by atoms with Crippen LogP contribution in [-0.4, -0.2) is 62.5 Å². The van der Waals surface area contributed by atoms with Gasteiger partial charge in [-0.1, -0.05) is 49.6 Å². The molecule has 38 heavy (non-hydrogen) atoms. The average molecular weight is 529 g/mol. The number of amides is 2. The topological polar surface area (TPSA) is 163 Å². The molecule has 1 saturated heterocycles. The molecule has 5 atom stereocenters. The molecule has 2 fully saturated rings. The molecule has 2 aliphatic rings. The molecule has 0 bridgehead atoms. The molecule has 1 aliphatic heterocycles. The lowest BCUT2D eigenvalue weighted by Gasteiger charge is -2.24. The molecule has 1 aromatic heterocycles. The van der Waals surface area contributed by atoms with Crippen LogP contribution in [0.4, 0.5) is 0 Å². The van der Waals surface area contributed by atoms with Gasteiger partial charge in [0.15, 0.2) is 6.23 Å². The van der Waals surface area contributed by atoms with E-state index in [1.165, 1.54) is 25.5 Å². The number of nitrogens with zero attached hydrogens (tertiary/aromatic N) is 1. The third-order valence-corrected chi connectivity index (χ3v) is 7.34. The van der Waals surface area contributed by atoms with Crippen molar-refractivity contribution in [3.63, 3.8) is 0 Å². The molecular formula is C27H36N4O7. The van der Waals surface area contributed by atoms with E-state index in [1.807, 2.05) is 30.3 Å². The first-order valence-corrected chi connectivity index (χ1v) is 13.3. The normalized spacial score (nSPS) is 24.6. The Morgan fingerprint density at radius 2 is 1.79 bits per heavy atom. The van der Waals surface area contributed by atoms with Gasteiger partial charge in [-0.25, -0.2) is 4.79 Å². The van der Waals surface area contributed by atoms with E-state index in [1.54, 1.807) is 0 Å². The summed E-state index contributed by atoms with van der Waals surface area (Å²) in [5.41, 5.74) is -0.465. The predicted octanol–water partition coefficient (Wildman–Crippen LogP) is 0.360. The van der Waals surface area contributed by atoms with Crippen molar-refractivity contribution in [3.8, 4) is 0 Å². The van der Waals surface area contributed by atoms with Crippen LogP contribution in [0.15, 0.2) is 52.2 Å². The number of aromatic amines is 1. The van der Waals surface area contributed by atoms with E-state index in [0.29, 0.717) is 18.9 Å². The molecule has 11 nitrogen and oxygen atoms in total. The molecule has 0 unspecified atom stereocenters. The molecule has 11 heteroatoms.